The summed E-state index contributed by atoms with van der Waals surface area (Å²) in [5.74, 6) is 0.435. The number of hydrogen-bond acceptors (Lipinski definition) is 0. The van der Waals surface area contributed by atoms with Crippen molar-refractivity contribution >= 4 is 32.7 Å². The molecule has 0 saturated carbocycles. The Morgan fingerprint density at radius 1 is 0.618 bits per heavy atom. The standard InChI is InChI=1S/C32H24N2/c1-3-10-23(11-4-1)24-12-9-15-27(20-24)34-30-17-8-7-16-28(30)29-22-31-25(21-32(29)34)18-19-33(31)26-13-5-2-6-14-26/h1-10,12-23H,11H2. The van der Waals surface area contributed by atoms with Gasteiger partial charge in [0.25, 0.3) is 0 Å². The van der Waals surface area contributed by atoms with Gasteiger partial charge in [-0.1, -0.05) is 72.8 Å². The number of aromatic nitrogens is 2. The third-order valence-corrected chi connectivity index (χ3v) is 7.06. The van der Waals surface area contributed by atoms with E-state index in [0.29, 0.717) is 5.92 Å². The lowest BCUT2D eigenvalue weighted by Crippen LogP contribution is -1.99. The molecule has 34 heavy (non-hydrogen) atoms. The summed E-state index contributed by atoms with van der Waals surface area (Å²) in [4.78, 5) is 0. The molecule has 0 N–H and O–H groups in total. The Bertz CT molecular complexity index is 1730. The van der Waals surface area contributed by atoms with Gasteiger partial charge in [-0.3, -0.25) is 0 Å². The lowest BCUT2D eigenvalue weighted by Gasteiger charge is -2.16. The molecule has 0 aliphatic heterocycles. The lowest BCUT2D eigenvalue weighted by atomic mass is 9.92. The first-order valence-electron chi connectivity index (χ1n) is 11.9. The van der Waals surface area contributed by atoms with Crippen molar-refractivity contribution in [3.05, 3.63) is 133 Å². The number of rotatable bonds is 3. The Balaban J connectivity index is 1.48. The smallest absolute Gasteiger partial charge is 0.0548 e. The van der Waals surface area contributed by atoms with Crippen molar-refractivity contribution < 1.29 is 0 Å². The van der Waals surface area contributed by atoms with Crippen LogP contribution in [0.4, 0.5) is 0 Å². The molecule has 0 amide bonds. The Morgan fingerprint density at radius 3 is 2.35 bits per heavy atom. The molecule has 0 radical (unpaired) electrons. The van der Waals surface area contributed by atoms with Gasteiger partial charge in [0, 0.05) is 39.6 Å². The number of nitrogens with zero attached hydrogens (tertiary/aromatic N) is 2. The second-order valence-electron chi connectivity index (χ2n) is 9.05. The molecule has 2 heteroatoms. The summed E-state index contributed by atoms with van der Waals surface area (Å²) in [6, 6.07) is 35.3. The highest BCUT2D eigenvalue weighted by atomic mass is 15.0. The van der Waals surface area contributed by atoms with E-state index in [1.54, 1.807) is 0 Å². The van der Waals surface area contributed by atoms with Crippen molar-refractivity contribution in [2.75, 3.05) is 0 Å². The molecule has 0 spiro atoms. The molecular formula is C32H24N2. The van der Waals surface area contributed by atoms with E-state index in [2.05, 4.69) is 137 Å². The number of fused-ring (bicyclic) bond motifs is 4. The molecule has 4 aromatic carbocycles. The Kier molecular flexibility index (Phi) is 4.31. The first-order valence-corrected chi connectivity index (χ1v) is 11.9. The molecule has 0 fully saturated rings. The number of benzene rings is 4. The largest absolute Gasteiger partial charge is 0.317 e. The van der Waals surface area contributed by atoms with Crippen LogP contribution in [0.5, 0.6) is 0 Å². The average Bonchev–Trinajstić information content (AvgIpc) is 3.47. The van der Waals surface area contributed by atoms with E-state index in [0.717, 1.165) is 6.42 Å². The van der Waals surface area contributed by atoms with E-state index in [4.69, 9.17) is 0 Å². The fraction of sp³-hybridized carbons (Fsp3) is 0.0625. The molecular weight excluding hydrogens is 412 g/mol. The molecule has 6 aromatic rings. The molecule has 2 nitrogen and oxygen atoms in total. The summed E-state index contributed by atoms with van der Waals surface area (Å²) in [7, 11) is 0. The highest BCUT2D eigenvalue weighted by Crippen LogP contribution is 2.36. The minimum atomic E-state index is 0.435. The fourth-order valence-corrected chi connectivity index (χ4v) is 5.41. The van der Waals surface area contributed by atoms with Crippen LogP contribution in [0.25, 0.3) is 44.1 Å². The van der Waals surface area contributed by atoms with Crippen LogP contribution in [0.2, 0.25) is 0 Å². The molecule has 2 heterocycles. The predicted molar refractivity (Wildman–Crippen MR) is 143 cm³/mol. The maximum absolute atomic E-state index is 2.43. The quantitative estimate of drug-likeness (QED) is 0.264. The van der Waals surface area contributed by atoms with Crippen LogP contribution < -0.4 is 0 Å². The van der Waals surface area contributed by atoms with Gasteiger partial charge in [-0.05, 0) is 60.5 Å². The number of hydrogen-bond donors (Lipinski definition) is 0. The second-order valence-corrected chi connectivity index (χ2v) is 9.05. The first-order chi connectivity index (χ1) is 16.9. The third kappa shape index (κ3) is 2.96. The van der Waals surface area contributed by atoms with Gasteiger partial charge in [-0.2, -0.15) is 0 Å². The average molecular weight is 437 g/mol. The van der Waals surface area contributed by atoms with E-state index in [1.807, 2.05) is 0 Å². The zero-order chi connectivity index (χ0) is 22.5. The predicted octanol–water partition coefficient (Wildman–Crippen LogP) is 8.33. The van der Waals surface area contributed by atoms with Crippen molar-refractivity contribution in [2.24, 2.45) is 0 Å². The maximum atomic E-state index is 2.43. The minimum absolute atomic E-state index is 0.435. The van der Waals surface area contributed by atoms with Crippen molar-refractivity contribution in [2.45, 2.75) is 12.3 Å². The maximum Gasteiger partial charge on any atom is 0.0548 e. The third-order valence-electron chi connectivity index (χ3n) is 7.06. The molecule has 0 saturated heterocycles. The fourth-order valence-electron chi connectivity index (χ4n) is 5.41. The van der Waals surface area contributed by atoms with Gasteiger partial charge in [0.2, 0.25) is 0 Å². The van der Waals surface area contributed by atoms with Gasteiger partial charge in [0.05, 0.1) is 16.6 Å². The molecule has 0 bridgehead atoms. The normalized spacial score (nSPS) is 15.6. The molecule has 1 aliphatic carbocycles. The summed E-state index contributed by atoms with van der Waals surface area (Å²) < 4.78 is 4.71. The molecule has 1 aliphatic rings. The van der Waals surface area contributed by atoms with Crippen LogP contribution in [0.1, 0.15) is 17.9 Å². The highest BCUT2D eigenvalue weighted by Gasteiger charge is 2.16. The van der Waals surface area contributed by atoms with Crippen LogP contribution in [0, 0.1) is 0 Å². The lowest BCUT2D eigenvalue weighted by molar-refractivity contribution is 0.852. The molecule has 1 unspecified atom stereocenters. The topological polar surface area (TPSA) is 9.86 Å². The summed E-state index contributed by atoms with van der Waals surface area (Å²) in [6.45, 7) is 0. The van der Waals surface area contributed by atoms with Crippen molar-refractivity contribution in [1.29, 1.82) is 0 Å². The Morgan fingerprint density at radius 2 is 1.47 bits per heavy atom. The van der Waals surface area contributed by atoms with Crippen LogP contribution in [-0.4, -0.2) is 9.13 Å². The van der Waals surface area contributed by atoms with E-state index in [1.165, 1.54) is 49.6 Å². The zero-order valence-corrected chi connectivity index (χ0v) is 18.8. The second kappa shape index (κ2) is 7.64. The minimum Gasteiger partial charge on any atom is -0.317 e. The van der Waals surface area contributed by atoms with Gasteiger partial charge in [0.1, 0.15) is 0 Å². The van der Waals surface area contributed by atoms with Gasteiger partial charge >= 0.3 is 0 Å². The number of para-hydroxylation sites is 2. The monoisotopic (exact) mass is 436 g/mol. The van der Waals surface area contributed by atoms with E-state index in [-0.39, 0.29) is 0 Å². The van der Waals surface area contributed by atoms with Gasteiger partial charge in [0.15, 0.2) is 0 Å². The summed E-state index contributed by atoms with van der Waals surface area (Å²) in [6.07, 6.45) is 12.1. The number of allylic oxidation sites excluding steroid dienone is 4. The highest BCUT2D eigenvalue weighted by molar-refractivity contribution is 6.13. The Hall–Kier alpha value is -4.30. The first kappa shape index (κ1) is 19.2. The van der Waals surface area contributed by atoms with E-state index >= 15 is 0 Å². The van der Waals surface area contributed by atoms with Gasteiger partial charge < -0.3 is 9.13 Å². The zero-order valence-electron chi connectivity index (χ0n) is 18.8. The molecule has 1 atom stereocenters. The van der Waals surface area contributed by atoms with E-state index < -0.39 is 0 Å². The van der Waals surface area contributed by atoms with Crippen LogP contribution in [-0.2, 0) is 0 Å². The van der Waals surface area contributed by atoms with Gasteiger partial charge in [-0.25, -0.2) is 0 Å². The summed E-state index contributed by atoms with van der Waals surface area (Å²) >= 11 is 0. The molecule has 162 valence electrons. The molecule has 7 rings (SSSR count). The van der Waals surface area contributed by atoms with Crippen molar-refractivity contribution in [1.82, 2.24) is 9.13 Å². The van der Waals surface area contributed by atoms with Gasteiger partial charge in [-0.15, -0.1) is 0 Å². The SMILES string of the molecule is C1=CCC(c2cccc(-n3c4ccccc4c4cc5c(ccn5-c5ccccc5)cc43)c2)C=C1. The Labute approximate surface area is 198 Å². The van der Waals surface area contributed by atoms with Crippen molar-refractivity contribution in [3.63, 3.8) is 0 Å². The van der Waals surface area contributed by atoms with Crippen molar-refractivity contribution in [3.8, 4) is 11.4 Å². The van der Waals surface area contributed by atoms with Crippen LogP contribution in [0.15, 0.2) is 128 Å². The van der Waals surface area contributed by atoms with E-state index in [9.17, 15) is 0 Å². The van der Waals surface area contributed by atoms with Crippen LogP contribution in [0.3, 0.4) is 0 Å². The van der Waals surface area contributed by atoms with Crippen LogP contribution >= 0.6 is 0 Å². The summed E-state index contributed by atoms with van der Waals surface area (Å²) in [5.41, 5.74) is 7.48. The molecule has 2 aromatic heterocycles. The summed E-state index contributed by atoms with van der Waals surface area (Å²) in [5, 5.41) is 3.81.